The minimum absolute atomic E-state index is 0.127. The smallest absolute Gasteiger partial charge is 0.234 e. The molecule has 0 saturated heterocycles. The fraction of sp³-hybridized carbons (Fsp3) is 0.188. The second-order valence-corrected chi connectivity index (χ2v) is 6.29. The van der Waals surface area contributed by atoms with Gasteiger partial charge >= 0.3 is 0 Å². The molecule has 3 N–H and O–H groups in total. The summed E-state index contributed by atoms with van der Waals surface area (Å²) in [7, 11) is 0. The Labute approximate surface area is 152 Å². The summed E-state index contributed by atoms with van der Waals surface area (Å²) in [5.41, 5.74) is 0.630. The largest absolute Gasteiger partial charge is 0.486 e. The number of rotatable bonds is 5. The third-order valence-corrected chi connectivity index (χ3v) is 4.51. The van der Waals surface area contributed by atoms with Crippen molar-refractivity contribution >= 4 is 23.4 Å². The molecule has 0 saturated carbocycles. The molecule has 3 aromatic rings. The van der Waals surface area contributed by atoms with Gasteiger partial charge in [-0.2, -0.15) is 0 Å². The lowest BCUT2D eigenvalue weighted by Crippen LogP contribution is -2.18. The Morgan fingerprint density at radius 2 is 2.08 bits per heavy atom. The van der Waals surface area contributed by atoms with Crippen molar-refractivity contribution < 1.29 is 18.7 Å². The summed E-state index contributed by atoms with van der Waals surface area (Å²) in [4.78, 5) is 12.2. The van der Waals surface area contributed by atoms with Crippen LogP contribution in [0.2, 0.25) is 0 Å². The van der Waals surface area contributed by atoms with Gasteiger partial charge in [0.1, 0.15) is 13.2 Å². The zero-order valence-corrected chi connectivity index (χ0v) is 14.4. The number of nitrogen functional groups attached to an aromatic ring is 1. The first-order valence-electron chi connectivity index (χ1n) is 7.77. The number of fused-ring (bicyclic) bond motifs is 1. The lowest BCUT2D eigenvalue weighted by atomic mass is 10.2. The quantitative estimate of drug-likeness (QED) is 0.513. The Bertz CT molecular complexity index is 925. The minimum atomic E-state index is -0.200. The number of benzene rings is 1. The molecule has 4 rings (SSSR count). The van der Waals surface area contributed by atoms with Gasteiger partial charge in [0.05, 0.1) is 12.0 Å². The number of nitrogens with one attached hydrogen (secondary N) is 1. The average molecular weight is 373 g/mol. The Morgan fingerprint density at radius 3 is 2.88 bits per heavy atom. The van der Waals surface area contributed by atoms with E-state index in [1.807, 2.05) is 0 Å². The highest BCUT2D eigenvalue weighted by Crippen LogP contribution is 2.32. The first-order chi connectivity index (χ1) is 12.7. The van der Waals surface area contributed by atoms with Gasteiger partial charge < -0.3 is 25.1 Å². The van der Waals surface area contributed by atoms with E-state index in [0.717, 1.165) is 0 Å². The van der Waals surface area contributed by atoms with Crippen LogP contribution in [0.15, 0.2) is 46.2 Å². The summed E-state index contributed by atoms with van der Waals surface area (Å²) in [6.07, 6.45) is 1.53. The number of ether oxygens (including phenoxy) is 2. The van der Waals surface area contributed by atoms with Gasteiger partial charge in [-0.05, 0) is 24.3 Å². The van der Waals surface area contributed by atoms with E-state index in [1.165, 1.54) is 22.7 Å². The number of carbonyl (C=O) groups excluding carboxylic acids is 1. The van der Waals surface area contributed by atoms with Crippen LogP contribution in [0.4, 0.5) is 5.69 Å². The molecular weight excluding hydrogens is 358 g/mol. The third-order valence-electron chi connectivity index (χ3n) is 3.56. The second-order valence-electron chi connectivity index (χ2n) is 5.35. The van der Waals surface area contributed by atoms with Gasteiger partial charge in [0.15, 0.2) is 17.3 Å². The Kier molecular flexibility index (Phi) is 4.40. The van der Waals surface area contributed by atoms with E-state index in [0.29, 0.717) is 47.1 Å². The predicted octanol–water partition coefficient (Wildman–Crippen LogP) is 1.75. The van der Waals surface area contributed by atoms with Crippen molar-refractivity contribution in [1.29, 1.82) is 0 Å². The highest BCUT2D eigenvalue weighted by molar-refractivity contribution is 7.99. The molecule has 26 heavy (non-hydrogen) atoms. The molecule has 1 aliphatic heterocycles. The van der Waals surface area contributed by atoms with Crippen LogP contribution in [0, 0.1) is 0 Å². The Hall–Kier alpha value is -3.14. The molecule has 0 unspecified atom stereocenters. The normalized spacial score (nSPS) is 12.8. The van der Waals surface area contributed by atoms with Gasteiger partial charge in [0, 0.05) is 11.8 Å². The number of anilines is 1. The number of hydrogen-bond acceptors (Lipinski definition) is 8. The van der Waals surface area contributed by atoms with E-state index >= 15 is 0 Å². The fourth-order valence-corrected chi connectivity index (χ4v) is 3.05. The highest BCUT2D eigenvalue weighted by atomic mass is 32.2. The minimum Gasteiger partial charge on any atom is -0.486 e. The number of hydrogen-bond donors (Lipinski definition) is 2. The topological polar surface area (TPSA) is 117 Å². The number of furan rings is 1. The first-order valence-corrected chi connectivity index (χ1v) is 8.76. The molecule has 1 amide bonds. The van der Waals surface area contributed by atoms with Gasteiger partial charge in [0.2, 0.25) is 16.9 Å². The third kappa shape index (κ3) is 3.31. The Balaban J connectivity index is 1.37. The lowest BCUT2D eigenvalue weighted by molar-refractivity contribution is -0.113. The maximum Gasteiger partial charge on any atom is 0.234 e. The zero-order chi connectivity index (χ0) is 17.9. The van der Waals surface area contributed by atoms with Gasteiger partial charge in [-0.25, -0.2) is 4.68 Å². The van der Waals surface area contributed by atoms with E-state index < -0.39 is 0 Å². The van der Waals surface area contributed by atoms with E-state index in [1.54, 1.807) is 30.3 Å². The molecule has 9 nitrogen and oxygen atoms in total. The predicted molar refractivity (Wildman–Crippen MR) is 94.7 cm³/mol. The number of nitrogens with two attached hydrogens (primary N) is 1. The van der Waals surface area contributed by atoms with Gasteiger partial charge in [0.25, 0.3) is 0 Å². The lowest BCUT2D eigenvalue weighted by Gasteiger charge is -2.18. The molecule has 0 spiro atoms. The molecule has 0 aliphatic carbocycles. The summed E-state index contributed by atoms with van der Waals surface area (Å²) in [6.45, 7) is 1.01. The zero-order valence-electron chi connectivity index (χ0n) is 13.5. The number of aromatic nitrogens is 3. The summed E-state index contributed by atoms with van der Waals surface area (Å²) >= 11 is 1.18. The summed E-state index contributed by atoms with van der Waals surface area (Å²) in [6, 6.07) is 8.73. The molecule has 0 fully saturated rings. The number of thioether (sulfide) groups is 1. The van der Waals surface area contributed by atoms with Crippen molar-refractivity contribution in [3.63, 3.8) is 0 Å². The molecule has 134 valence electrons. The van der Waals surface area contributed by atoms with Crippen molar-refractivity contribution in [3.8, 4) is 23.1 Å². The van der Waals surface area contributed by atoms with Gasteiger partial charge in [-0.3, -0.25) is 4.79 Å². The van der Waals surface area contributed by atoms with Crippen molar-refractivity contribution in [1.82, 2.24) is 14.9 Å². The first kappa shape index (κ1) is 16.3. The van der Waals surface area contributed by atoms with Crippen LogP contribution in [0.3, 0.4) is 0 Å². The molecular formula is C16H15N5O4S. The van der Waals surface area contributed by atoms with Crippen molar-refractivity contribution in [2.24, 2.45) is 0 Å². The molecule has 1 aromatic carbocycles. The summed E-state index contributed by atoms with van der Waals surface area (Å²) in [5.74, 6) is 8.07. The van der Waals surface area contributed by atoms with Crippen molar-refractivity contribution in [3.05, 3.63) is 36.6 Å². The van der Waals surface area contributed by atoms with Crippen molar-refractivity contribution in [2.45, 2.75) is 5.16 Å². The SMILES string of the molecule is Nn1c(SCC(=O)Nc2ccc3c(c2)OCCO3)nnc1-c1ccco1. The van der Waals surface area contributed by atoms with Crippen molar-refractivity contribution in [2.75, 3.05) is 30.1 Å². The molecule has 3 heterocycles. The van der Waals surface area contributed by atoms with E-state index in [9.17, 15) is 4.79 Å². The molecule has 10 heteroatoms. The monoisotopic (exact) mass is 373 g/mol. The van der Waals surface area contributed by atoms with Gasteiger partial charge in [-0.1, -0.05) is 11.8 Å². The maximum absolute atomic E-state index is 12.2. The molecule has 0 bridgehead atoms. The fourth-order valence-electron chi connectivity index (χ4n) is 2.40. The van der Waals surface area contributed by atoms with Crippen LogP contribution in [-0.4, -0.2) is 39.7 Å². The summed E-state index contributed by atoms with van der Waals surface area (Å²) in [5, 5.41) is 11.2. The van der Waals surface area contributed by atoms with E-state index in [-0.39, 0.29) is 11.7 Å². The number of nitrogens with zero attached hydrogens (tertiary/aromatic N) is 3. The average Bonchev–Trinajstić information content (AvgIpc) is 3.29. The van der Waals surface area contributed by atoms with E-state index in [4.69, 9.17) is 19.7 Å². The maximum atomic E-state index is 12.2. The number of carbonyl (C=O) groups is 1. The molecule has 1 aliphatic rings. The van der Waals surface area contributed by atoms with Crippen LogP contribution in [-0.2, 0) is 4.79 Å². The molecule has 2 aromatic heterocycles. The highest BCUT2D eigenvalue weighted by Gasteiger charge is 2.16. The van der Waals surface area contributed by atoms with Crippen LogP contribution < -0.4 is 20.6 Å². The second kappa shape index (κ2) is 7.00. The molecule has 0 atom stereocenters. The van der Waals surface area contributed by atoms with Crippen LogP contribution in [0.25, 0.3) is 11.6 Å². The number of amides is 1. The van der Waals surface area contributed by atoms with Crippen LogP contribution in [0.1, 0.15) is 0 Å². The van der Waals surface area contributed by atoms with Crippen LogP contribution >= 0.6 is 11.8 Å². The summed E-state index contributed by atoms with van der Waals surface area (Å²) < 4.78 is 17.5. The Morgan fingerprint density at radius 1 is 1.23 bits per heavy atom. The molecule has 0 radical (unpaired) electrons. The standard InChI is InChI=1S/C16H15N5O4S/c17-21-15(12-2-1-5-23-12)19-20-16(21)26-9-14(22)18-10-3-4-11-13(8-10)25-7-6-24-11/h1-5,8H,6-7,9,17H2,(H,18,22). The van der Waals surface area contributed by atoms with E-state index in [2.05, 4.69) is 15.5 Å². The van der Waals surface area contributed by atoms with Crippen LogP contribution in [0.5, 0.6) is 11.5 Å². The van der Waals surface area contributed by atoms with Gasteiger partial charge in [-0.15, -0.1) is 10.2 Å².